The summed E-state index contributed by atoms with van der Waals surface area (Å²) in [6.45, 7) is 0. The van der Waals surface area contributed by atoms with Crippen molar-refractivity contribution >= 4 is 38.5 Å². The Balaban J connectivity index is 1.85. The number of hydrogen-bond acceptors (Lipinski definition) is 2. The van der Waals surface area contributed by atoms with Gasteiger partial charge in [0.1, 0.15) is 0 Å². The highest BCUT2D eigenvalue weighted by atomic mass is 32.1. The largest absolute Gasteiger partial charge is 0.135 e. The first kappa shape index (κ1) is 14.3. The van der Waals surface area contributed by atoms with Gasteiger partial charge in [-0.1, -0.05) is 85.0 Å². The second kappa shape index (κ2) is 6.07. The fourth-order valence-corrected chi connectivity index (χ4v) is 4.17. The average molecular weight is 330 g/mol. The predicted octanol–water partition coefficient (Wildman–Crippen LogP) is 6.33. The van der Waals surface area contributed by atoms with Crippen LogP contribution in [-0.4, -0.2) is 4.86 Å². The quantitative estimate of drug-likeness (QED) is 0.312. The normalized spacial score (nSPS) is 10.8. The van der Waals surface area contributed by atoms with Crippen LogP contribution in [-0.2, 0) is 0 Å². The molecular formula is C21H14S2. The van der Waals surface area contributed by atoms with Gasteiger partial charge in [-0.25, -0.2) is 0 Å². The number of thiocarbonyl (C=S) groups is 1. The number of fused-ring (bicyclic) bond motifs is 1. The van der Waals surface area contributed by atoms with E-state index in [4.69, 9.17) is 12.2 Å². The zero-order valence-electron chi connectivity index (χ0n) is 12.4. The summed E-state index contributed by atoms with van der Waals surface area (Å²) >= 11 is 7.58. The highest BCUT2D eigenvalue weighted by molar-refractivity contribution is 7.81. The third-order valence-corrected chi connectivity index (χ3v) is 5.50. The lowest BCUT2D eigenvalue weighted by Crippen LogP contribution is -2.01. The van der Waals surface area contributed by atoms with E-state index in [0.717, 1.165) is 16.0 Å². The van der Waals surface area contributed by atoms with Crippen molar-refractivity contribution in [2.45, 2.75) is 0 Å². The van der Waals surface area contributed by atoms with Gasteiger partial charge in [0.15, 0.2) is 0 Å². The summed E-state index contributed by atoms with van der Waals surface area (Å²) in [4.78, 5) is 2.17. The van der Waals surface area contributed by atoms with Crippen LogP contribution in [0.3, 0.4) is 0 Å². The van der Waals surface area contributed by atoms with Crippen LogP contribution in [0.15, 0.2) is 84.9 Å². The molecule has 0 bridgehead atoms. The summed E-state index contributed by atoms with van der Waals surface area (Å²) in [7, 11) is 0. The molecule has 0 unspecified atom stereocenters. The van der Waals surface area contributed by atoms with Crippen molar-refractivity contribution < 1.29 is 0 Å². The molecule has 0 radical (unpaired) electrons. The van der Waals surface area contributed by atoms with E-state index in [0.29, 0.717) is 0 Å². The van der Waals surface area contributed by atoms with Gasteiger partial charge in [-0.15, -0.1) is 11.3 Å². The van der Waals surface area contributed by atoms with E-state index in [1.54, 1.807) is 0 Å². The monoisotopic (exact) mass is 330 g/mol. The van der Waals surface area contributed by atoms with Gasteiger partial charge in [-0.3, -0.25) is 0 Å². The molecule has 0 atom stereocenters. The zero-order valence-corrected chi connectivity index (χ0v) is 14.0. The molecule has 0 saturated carbocycles. The molecule has 0 saturated heterocycles. The number of benzene rings is 3. The van der Waals surface area contributed by atoms with Gasteiger partial charge in [-0.05, 0) is 23.1 Å². The Bertz CT molecular complexity index is 948. The zero-order chi connectivity index (χ0) is 15.6. The van der Waals surface area contributed by atoms with E-state index < -0.39 is 0 Å². The Morgan fingerprint density at radius 3 is 2.26 bits per heavy atom. The van der Waals surface area contributed by atoms with E-state index in [1.807, 2.05) is 29.5 Å². The van der Waals surface area contributed by atoms with E-state index in [9.17, 15) is 0 Å². The summed E-state index contributed by atoms with van der Waals surface area (Å²) in [5, 5.41) is 1.29. The average Bonchev–Trinajstić information content (AvgIpc) is 3.06. The number of hydrogen-bond donors (Lipinski definition) is 0. The van der Waals surface area contributed by atoms with Gasteiger partial charge >= 0.3 is 0 Å². The van der Waals surface area contributed by atoms with Crippen LogP contribution in [0, 0.1) is 0 Å². The fourth-order valence-electron chi connectivity index (χ4n) is 2.76. The van der Waals surface area contributed by atoms with Gasteiger partial charge in [0, 0.05) is 20.7 Å². The van der Waals surface area contributed by atoms with Crippen LogP contribution in [0.2, 0.25) is 0 Å². The molecule has 0 nitrogen and oxygen atoms in total. The molecule has 2 heteroatoms. The first-order valence-electron chi connectivity index (χ1n) is 7.51. The molecule has 0 aliphatic carbocycles. The summed E-state index contributed by atoms with van der Waals surface area (Å²) in [5.41, 5.74) is 3.43. The van der Waals surface area contributed by atoms with Crippen LogP contribution in [0.25, 0.3) is 20.5 Å². The molecule has 4 aromatic rings. The second-order valence-electron chi connectivity index (χ2n) is 5.39. The lowest BCUT2D eigenvalue weighted by atomic mass is 9.98. The Kier molecular flexibility index (Phi) is 3.78. The Hall–Kier alpha value is -2.29. The maximum atomic E-state index is 5.76. The standard InChI is InChI=1S/C21H14S2/c22-21(15-8-2-1-3-9-15)18-12-6-5-11-17(18)20-14-16-10-4-7-13-19(16)23-20/h1-14H. The molecule has 0 spiro atoms. The van der Waals surface area contributed by atoms with Crippen LogP contribution in [0.4, 0.5) is 0 Å². The highest BCUT2D eigenvalue weighted by Crippen LogP contribution is 2.35. The van der Waals surface area contributed by atoms with E-state index in [1.165, 1.54) is 20.5 Å². The van der Waals surface area contributed by atoms with Crippen molar-refractivity contribution in [1.82, 2.24) is 0 Å². The van der Waals surface area contributed by atoms with Gasteiger partial charge in [0.25, 0.3) is 0 Å². The maximum Gasteiger partial charge on any atom is 0.0528 e. The number of rotatable bonds is 3. The lowest BCUT2D eigenvalue weighted by Gasteiger charge is -2.09. The molecule has 23 heavy (non-hydrogen) atoms. The second-order valence-corrected chi connectivity index (χ2v) is 6.88. The maximum absolute atomic E-state index is 5.76. The summed E-state index contributed by atoms with van der Waals surface area (Å²) in [6.07, 6.45) is 0. The van der Waals surface area contributed by atoms with E-state index >= 15 is 0 Å². The van der Waals surface area contributed by atoms with Crippen molar-refractivity contribution in [3.05, 3.63) is 96.1 Å². The lowest BCUT2D eigenvalue weighted by molar-refractivity contribution is 1.62. The Morgan fingerprint density at radius 1 is 0.739 bits per heavy atom. The first-order valence-corrected chi connectivity index (χ1v) is 8.73. The van der Waals surface area contributed by atoms with Crippen LogP contribution in [0.1, 0.15) is 11.1 Å². The van der Waals surface area contributed by atoms with Gasteiger partial charge < -0.3 is 0 Å². The van der Waals surface area contributed by atoms with Gasteiger partial charge in [0.2, 0.25) is 0 Å². The summed E-state index contributed by atoms with van der Waals surface area (Å²) < 4.78 is 1.31. The number of thiophene rings is 1. The van der Waals surface area contributed by atoms with Crippen molar-refractivity contribution in [3.63, 3.8) is 0 Å². The molecular weight excluding hydrogens is 316 g/mol. The fraction of sp³-hybridized carbons (Fsp3) is 0. The minimum atomic E-state index is 0.902. The molecule has 0 N–H and O–H groups in total. The third kappa shape index (κ3) is 2.72. The van der Waals surface area contributed by atoms with Crippen LogP contribution >= 0.6 is 23.6 Å². The summed E-state index contributed by atoms with van der Waals surface area (Å²) in [5.74, 6) is 0. The van der Waals surface area contributed by atoms with E-state index in [2.05, 4.69) is 66.7 Å². The SMILES string of the molecule is S=C(c1ccccc1)c1ccccc1-c1cc2ccccc2s1. The van der Waals surface area contributed by atoms with Crippen LogP contribution in [0.5, 0.6) is 0 Å². The van der Waals surface area contributed by atoms with E-state index in [-0.39, 0.29) is 0 Å². The van der Waals surface area contributed by atoms with Crippen molar-refractivity contribution in [3.8, 4) is 10.4 Å². The summed E-state index contributed by atoms with van der Waals surface area (Å²) in [6, 6.07) is 29.4. The molecule has 0 amide bonds. The van der Waals surface area contributed by atoms with Crippen molar-refractivity contribution in [2.24, 2.45) is 0 Å². The molecule has 1 aromatic heterocycles. The minimum Gasteiger partial charge on any atom is -0.135 e. The first-order chi connectivity index (χ1) is 11.3. The third-order valence-electron chi connectivity index (χ3n) is 3.90. The minimum absolute atomic E-state index is 0.902. The molecule has 0 aliphatic rings. The van der Waals surface area contributed by atoms with Crippen LogP contribution < -0.4 is 0 Å². The molecule has 1 heterocycles. The predicted molar refractivity (Wildman–Crippen MR) is 105 cm³/mol. The highest BCUT2D eigenvalue weighted by Gasteiger charge is 2.12. The molecule has 4 rings (SSSR count). The molecule has 0 aliphatic heterocycles. The van der Waals surface area contributed by atoms with Gasteiger partial charge in [-0.2, -0.15) is 0 Å². The van der Waals surface area contributed by atoms with Crippen molar-refractivity contribution in [1.29, 1.82) is 0 Å². The molecule has 0 fully saturated rings. The molecule has 110 valence electrons. The van der Waals surface area contributed by atoms with Crippen molar-refractivity contribution in [2.75, 3.05) is 0 Å². The Labute approximate surface area is 145 Å². The Morgan fingerprint density at radius 2 is 1.43 bits per heavy atom. The topological polar surface area (TPSA) is 0 Å². The molecule has 3 aromatic carbocycles. The smallest absolute Gasteiger partial charge is 0.0528 e. The van der Waals surface area contributed by atoms with Gasteiger partial charge in [0.05, 0.1) is 4.86 Å².